The highest BCUT2D eigenvalue weighted by molar-refractivity contribution is 9.10. The zero-order chi connectivity index (χ0) is 13.1. The minimum atomic E-state index is -0.348. The molecule has 0 aliphatic rings. The summed E-state index contributed by atoms with van der Waals surface area (Å²) in [5.41, 5.74) is 6.64. The van der Waals surface area contributed by atoms with Crippen molar-refractivity contribution < 1.29 is 9.13 Å². The van der Waals surface area contributed by atoms with E-state index in [4.69, 9.17) is 22.1 Å². The first-order chi connectivity index (χ1) is 8.56. The van der Waals surface area contributed by atoms with Gasteiger partial charge in [0.2, 0.25) is 0 Å². The Morgan fingerprint density at radius 1 is 1.22 bits per heavy atom. The van der Waals surface area contributed by atoms with Crippen LogP contribution in [0.3, 0.4) is 0 Å². The van der Waals surface area contributed by atoms with E-state index in [0.29, 0.717) is 22.0 Å². The van der Waals surface area contributed by atoms with Crippen LogP contribution in [-0.4, -0.2) is 0 Å². The summed E-state index contributed by atoms with van der Waals surface area (Å²) < 4.78 is 19.8. The molecule has 0 aromatic heterocycles. The monoisotopic (exact) mass is 329 g/mol. The molecular formula is C13H10BrClFNO. The quantitative estimate of drug-likeness (QED) is 0.846. The predicted octanol–water partition coefficient (Wildman–Crippen LogP) is 4.40. The number of nitrogens with two attached hydrogens (primary N) is 1. The number of hydrogen-bond donors (Lipinski definition) is 1. The molecule has 2 aromatic rings. The number of hydrogen-bond acceptors (Lipinski definition) is 2. The first kappa shape index (κ1) is 13.2. The van der Waals surface area contributed by atoms with Crippen LogP contribution in [0.25, 0.3) is 0 Å². The van der Waals surface area contributed by atoms with Crippen molar-refractivity contribution in [3.05, 3.63) is 57.3 Å². The topological polar surface area (TPSA) is 35.2 Å². The zero-order valence-corrected chi connectivity index (χ0v) is 11.6. The molecule has 18 heavy (non-hydrogen) atoms. The summed E-state index contributed by atoms with van der Waals surface area (Å²) in [5.74, 6) is 0.216. The largest absolute Gasteiger partial charge is 0.488 e. The summed E-state index contributed by atoms with van der Waals surface area (Å²) in [4.78, 5) is 0. The molecule has 0 saturated carbocycles. The van der Waals surface area contributed by atoms with Crippen molar-refractivity contribution in [3.63, 3.8) is 0 Å². The summed E-state index contributed by atoms with van der Waals surface area (Å²) in [6.07, 6.45) is 0. The zero-order valence-electron chi connectivity index (χ0n) is 9.29. The summed E-state index contributed by atoms with van der Waals surface area (Å²) in [6.45, 7) is 0.0917. The Morgan fingerprint density at radius 2 is 2.00 bits per heavy atom. The lowest BCUT2D eigenvalue weighted by Gasteiger charge is -2.10. The Kier molecular flexibility index (Phi) is 4.09. The second-order valence-electron chi connectivity index (χ2n) is 3.71. The molecule has 0 amide bonds. The standard InChI is InChI=1S/C13H10BrClFNO/c14-11-3-2-10(17)6-13(11)18-7-8-5-9(15)1-4-12(8)16/h1-6H,7,17H2. The minimum Gasteiger partial charge on any atom is -0.488 e. The smallest absolute Gasteiger partial charge is 0.136 e. The Balaban J connectivity index is 2.16. The van der Waals surface area contributed by atoms with E-state index in [1.807, 2.05) is 0 Å². The Hall–Kier alpha value is -1.26. The number of ether oxygens (including phenoxy) is 1. The van der Waals surface area contributed by atoms with E-state index in [-0.39, 0.29) is 12.4 Å². The molecule has 5 heteroatoms. The molecule has 94 valence electrons. The second kappa shape index (κ2) is 5.59. The molecule has 0 unspecified atom stereocenters. The van der Waals surface area contributed by atoms with Gasteiger partial charge in [-0.25, -0.2) is 4.39 Å². The van der Waals surface area contributed by atoms with E-state index < -0.39 is 0 Å². The van der Waals surface area contributed by atoms with Gasteiger partial charge in [-0.1, -0.05) is 11.6 Å². The highest BCUT2D eigenvalue weighted by Gasteiger charge is 2.06. The lowest BCUT2D eigenvalue weighted by atomic mass is 10.2. The van der Waals surface area contributed by atoms with Crippen LogP contribution in [0.2, 0.25) is 5.02 Å². The van der Waals surface area contributed by atoms with E-state index in [0.717, 1.165) is 4.47 Å². The van der Waals surface area contributed by atoms with E-state index in [1.165, 1.54) is 18.2 Å². The van der Waals surface area contributed by atoms with Crippen LogP contribution in [0.15, 0.2) is 40.9 Å². The molecule has 2 N–H and O–H groups in total. The van der Waals surface area contributed by atoms with Crippen molar-refractivity contribution in [2.75, 3.05) is 5.73 Å². The molecule has 0 heterocycles. The molecule has 0 atom stereocenters. The van der Waals surface area contributed by atoms with Gasteiger partial charge in [0.1, 0.15) is 18.2 Å². The van der Waals surface area contributed by atoms with Crippen LogP contribution >= 0.6 is 27.5 Å². The van der Waals surface area contributed by atoms with E-state index in [9.17, 15) is 4.39 Å². The normalized spacial score (nSPS) is 10.4. The first-order valence-corrected chi connectivity index (χ1v) is 6.35. The van der Waals surface area contributed by atoms with Gasteiger partial charge in [-0.3, -0.25) is 0 Å². The highest BCUT2D eigenvalue weighted by Crippen LogP contribution is 2.28. The van der Waals surface area contributed by atoms with Crippen LogP contribution in [0.5, 0.6) is 5.75 Å². The van der Waals surface area contributed by atoms with Crippen molar-refractivity contribution in [1.82, 2.24) is 0 Å². The van der Waals surface area contributed by atoms with Crippen molar-refractivity contribution in [1.29, 1.82) is 0 Å². The fraction of sp³-hybridized carbons (Fsp3) is 0.0769. The second-order valence-corrected chi connectivity index (χ2v) is 5.01. The third-order valence-corrected chi connectivity index (χ3v) is 3.24. The molecular weight excluding hydrogens is 321 g/mol. The maximum absolute atomic E-state index is 13.5. The van der Waals surface area contributed by atoms with Crippen LogP contribution in [-0.2, 0) is 6.61 Å². The molecule has 0 aliphatic carbocycles. The van der Waals surface area contributed by atoms with Gasteiger partial charge in [-0.2, -0.15) is 0 Å². The summed E-state index contributed by atoms with van der Waals surface area (Å²) in [6, 6.07) is 9.55. The number of nitrogen functional groups attached to an aromatic ring is 1. The molecule has 0 aliphatic heterocycles. The van der Waals surface area contributed by atoms with Gasteiger partial charge >= 0.3 is 0 Å². The van der Waals surface area contributed by atoms with Crippen LogP contribution in [0.4, 0.5) is 10.1 Å². The Bertz CT molecular complexity index is 525. The van der Waals surface area contributed by atoms with Crippen molar-refractivity contribution >= 4 is 33.2 Å². The third-order valence-electron chi connectivity index (χ3n) is 2.35. The van der Waals surface area contributed by atoms with Gasteiger partial charge in [0, 0.05) is 22.3 Å². The summed E-state index contributed by atoms with van der Waals surface area (Å²) in [5, 5.41) is 0.474. The number of anilines is 1. The molecule has 0 fully saturated rings. The van der Waals surface area contributed by atoms with Crippen LogP contribution in [0.1, 0.15) is 5.56 Å². The van der Waals surface area contributed by atoms with Crippen molar-refractivity contribution in [2.45, 2.75) is 6.61 Å². The number of halogens is 3. The summed E-state index contributed by atoms with van der Waals surface area (Å²) in [7, 11) is 0. The van der Waals surface area contributed by atoms with E-state index in [1.54, 1.807) is 18.2 Å². The van der Waals surface area contributed by atoms with Gasteiger partial charge in [-0.05, 0) is 46.3 Å². The van der Waals surface area contributed by atoms with Gasteiger partial charge in [0.05, 0.1) is 4.47 Å². The maximum Gasteiger partial charge on any atom is 0.136 e. The lowest BCUT2D eigenvalue weighted by Crippen LogP contribution is -1.99. The van der Waals surface area contributed by atoms with Crippen LogP contribution < -0.4 is 10.5 Å². The van der Waals surface area contributed by atoms with Crippen molar-refractivity contribution in [2.24, 2.45) is 0 Å². The SMILES string of the molecule is Nc1ccc(Br)c(OCc2cc(Cl)ccc2F)c1. The number of benzene rings is 2. The molecule has 0 spiro atoms. The average molecular weight is 331 g/mol. The molecule has 2 nitrogen and oxygen atoms in total. The average Bonchev–Trinajstić information content (AvgIpc) is 2.34. The van der Waals surface area contributed by atoms with Gasteiger partial charge in [-0.15, -0.1) is 0 Å². The Labute approximate surface area is 118 Å². The fourth-order valence-electron chi connectivity index (χ4n) is 1.44. The Morgan fingerprint density at radius 3 is 2.78 bits per heavy atom. The minimum absolute atomic E-state index is 0.0917. The molecule has 0 saturated heterocycles. The maximum atomic E-state index is 13.5. The fourth-order valence-corrected chi connectivity index (χ4v) is 2.00. The molecule has 0 radical (unpaired) electrons. The van der Waals surface area contributed by atoms with E-state index in [2.05, 4.69) is 15.9 Å². The summed E-state index contributed by atoms with van der Waals surface area (Å²) >= 11 is 9.14. The lowest BCUT2D eigenvalue weighted by molar-refractivity contribution is 0.298. The van der Waals surface area contributed by atoms with E-state index >= 15 is 0 Å². The van der Waals surface area contributed by atoms with Gasteiger partial charge < -0.3 is 10.5 Å². The van der Waals surface area contributed by atoms with Gasteiger partial charge in [0.15, 0.2) is 0 Å². The predicted molar refractivity (Wildman–Crippen MR) is 74.3 cm³/mol. The van der Waals surface area contributed by atoms with Crippen molar-refractivity contribution in [3.8, 4) is 5.75 Å². The first-order valence-electron chi connectivity index (χ1n) is 5.18. The third kappa shape index (κ3) is 3.15. The molecule has 0 bridgehead atoms. The van der Waals surface area contributed by atoms with Crippen LogP contribution in [0, 0.1) is 5.82 Å². The molecule has 2 aromatic carbocycles. The highest BCUT2D eigenvalue weighted by atomic mass is 79.9. The van der Waals surface area contributed by atoms with Gasteiger partial charge in [0.25, 0.3) is 0 Å². The molecule has 2 rings (SSSR count). The number of rotatable bonds is 3.